The fourth-order valence-corrected chi connectivity index (χ4v) is 2.21. The summed E-state index contributed by atoms with van der Waals surface area (Å²) in [6.45, 7) is 11.2. The summed E-state index contributed by atoms with van der Waals surface area (Å²) in [6, 6.07) is 0. The Morgan fingerprint density at radius 1 is 1.31 bits per heavy atom. The smallest absolute Gasteiger partial charge is 0.145 e. The number of halogens is 1. The molecule has 0 N–H and O–H groups in total. The Morgan fingerprint density at radius 2 is 1.92 bits per heavy atom. The van der Waals surface area contributed by atoms with Crippen molar-refractivity contribution in [3.8, 4) is 0 Å². The summed E-state index contributed by atoms with van der Waals surface area (Å²) in [5.74, 6) is 0.0855. The highest BCUT2D eigenvalue weighted by Crippen LogP contribution is 2.33. The van der Waals surface area contributed by atoms with Crippen LogP contribution in [0.5, 0.6) is 0 Å². The van der Waals surface area contributed by atoms with Crippen molar-refractivity contribution < 1.29 is 4.39 Å². The molecule has 0 unspecified atom stereocenters. The summed E-state index contributed by atoms with van der Waals surface area (Å²) in [5.41, 5.74) is 0.587. The standard InChI is InChI=1S/C11H13FS/c1-5-8-9(6-2)13-11(7(3)4)10(8)12/h5-7H,1-2H2,3-4H3. The van der Waals surface area contributed by atoms with E-state index in [9.17, 15) is 4.39 Å². The quantitative estimate of drug-likeness (QED) is 0.676. The molecule has 0 saturated heterocycles. The molecule has 0 fully saturated rings. The Morgan fingerprint density at radius 3 is 2.23 bits per heavy atom. The zero-order chi connectivity index (χ0) is 10.0. The molecule has 1 aromatic rings. The Kier molecular flexibility index (Phi) is 3.04. The highest BCUT2D eigenvalue weighted by molar-refractivity contribution is 7.13. The van der Waals surface area contributed by atoms with Gasteiger partial charge in [-0.15, -0.1) is 11.3 Å². The minimum atomic E-state index is -0.134. The number of rotatable bonds is 3. The van der Waals surface area contributed by atoms with E-state index in [1.165, 1.54) is 11.3 Å². The molecule has 0 aliphatic heterocycles. The second kappa shape index (κ2) is 3.88. The van der Waals surface area contributed by atoms with Gasteiger partial charge in [-0.3, -0.25) is 0 Å². The van der Waals surface area contributed by atoms with Gasteiger partial charge in [0.25, 0.3) is 0 Å². The highest BCUT2D eigenvalue weighted by Gasteiger charge is 2.16. The average Bonchev–Trinajstić information content (AvgIpc) is 2.41. The van der Waals surface area contributed by atoms with Gasteiger partial charge in [-0.25, -0.2) is 4.39 Å². The monoisotopic (exact) mass is 196 g/mol. The van der Waals surface area contributed by atoms with Gasteiger partial charge in [-0.1, -0.05) is 39.2 Å². The summed E-state index contributed by atoms with van der Waals surface area (Å²) < 4.78 is 13.6. The van der Waals surface area contributed by atoms with E-state index in [0.717, 1.165) is 9.75 Å². The third-order valence-electron chi connectivity index (χ3n) is 1.85. The first-order chi connectivity index (χ1) is 6.11. The van der Waals surface area contributed by atoms with E-state index in [0.29, 0.717) is 5.56 Å². The van der Waals surface area contributed by atoms with E-state index in [-0.39, 0.29) is 11.7 Å². The van der Waals surface area contributed by atoms with Gasteiger partial charge in [-0.2, -0.15) is 0 Å². The largest absolute Gasteiger partial charge is 0.205 e. The molecule has 2 heteroatoms. The average molecular weight is 196 g/mol. The SMILES string of the molecule is C=Cc1sc(C(C)C)c(F)c1C=C. The molecular weight excluding hydrogens is 183 g/mol. The normalized spacial score (nSPS) is 10.5. The number of hydrogen-bond donors (Lipinski definition) is 0. The molecule has 13 heavy (non-hydrogen) atoms. The third kappa shape index (κ3) is 1.73. The van der Waals surface area contributed by atoms with Crippen LogP contribution in [0.15, 0.2) is 13.2 Å². The van der Waals surface area contributed by atoms with Gasteiger partial charge in [0.15, 0.2) is 0 Å². The van der Waals surface area contributed by atoms with E-state index in [1.807, 2.05) is 13.8 Å². The van der Waals surface area contributed by atoms with Gasteiger partial charge >= 0.3 is 0 Å². The van der Waals surface area contributed by atoms with Crippen LogP contribution in [-0.4, -0.2) is 0 Å². The molecule has 1 rings (SSSR count). The second-order valence-electron chi connectivity index (χ2n) is 3.12. The van der Waals surface area contributed by atoms with E-state index in [1.54, 1.807) is 12.2 Å². The number of hydrogen-bond acceptors (Lipinski definition) is 1. The van der Waals surface area contributed by atoms with Crippen molar-refractivity contribution >= 4 is 23.5 Å². The maximum absolute atomic E-state index is 13.6. The van der Waals surface area contributed by atoms with Crippen molar-refractivity contribution in [2.75, 3.05) is 0 Å². The molecule has 0 amide bonds. The predicted molar refractivity (Wildman–Crippen MR) is 58.5 cm³/mol. The molecule has 0 saturated carbocycles. The molecule has 0 aliphatic rings. The summed E-state index contributed by atoms with van der Waals surface area (Å²) in [5, 5.41) is 0. The van der Waals surface area contributed by atoms with Crippen LogP contribution in [0.3, 0.4) is 0 Å². The molecule has 0 nitrogen and oxygen atoms in total. The molecule has 1 heterocycles. The molecular formula is C11H13FS. The summed E-state index contributed by atoms with van der Waals surface area (Å²) in [6.07, 6.45) is 3.23. The first-order valence-corrected chi connectivity index (χ1v) is 5.00. The first-order valence-electron chi connectivity index (χ1n) is 4.18. The van der Waals surface area contributed by atoms with Gasteiger partial charge < -0.3 is 0 Å². The van der Waals surface area contributed by atoms with E-state index >= 15 is 0 Å². The maximum atomic E-state index is 13.6. The molecule has 70 valence electrons. The van der Waals surface area contributed by atoms with Crippen molar-refractivity contribution in [3.63, 3.8) is 0 Å². The summed E-state index contributed by atoms with van der Waals surface area (Å²) in [7, 11) is 0. The molecule has 0 aliphatic carbocycles. The molecule has 0 radical (unpaired) electrons. The van der Waals surface area contributed by atoms with Crippen molar-refractivity contribution in [1.82, 2.24) is 0 Å². The molecule has 1 aromatic heterocycles. The van der Waals surface area contributed by atoms with Crippen LogP contribution in [0.4, 0.5) is 4.39 Å². The Balaban J connectivity index is 3.34. The topological polar surface area (TPSA) is 0 Å². The second-order valence-corrected chi connectivity index (χ2v) is 4.20. The van der Waals surface area contributed by atoms with Gasteiger partial charge in [0, 0.05) is 15.3 Å². The Bertz CT molecular complexity index is 334. The van der Waals surface area contributed by atoms with Gasteiger partial charge in [-0.05, 0) is 5.92 Å². The lowest BCUT2D eigenvalue weighted by Crippen LogP contribution is -1.86. The lowest BCUT2D eigenvalue weighted by atomic mass is 10.1. The lowest BCUT2D eigenvalue weighted by molar-refractivity contribution is 0.606. The van der Waals surface area contributed by atoms with E-state index in [2.05, 4.69) is 13.2 Å². The number of thiophene rings is 1. The maximum Gasteiger partial charge on any atom is 0.145 e. The van der Waals surface area contributed by atoms with Gasteiger partial charge in [0.1, 0.15) is 5.82 Å². The zero-order valence-electron chi connectivity index (χ0n) is 7.93. The van der Waals surface area contributed by atoms with Crippen molar-refractivity contribution in [2.24, 2.45) is 0 Å². The molecule has 0 spiro atoms. The fraction of sp³-hybridized carbons (Fsp3) is 0.273. The van der Waals surface area contributed by atoms with Crippen LogP contribution in [0.25, 0.3) is 12.2 Å². The van der Waals surface area contributed by atoms with Crippen molar-refractivity contribution in [1.29, 1.82) is 0 Å². The van der Waals surface area contributed by atoms with Crippen molar-refractivity contribution in [3.05, 3.63) is 34.3 Å². The van der Waals surface area contributed by atoms with Crippen LogP contribution in [0.2, 0.25) is 0 Å². The summed E-state index contributed by atoms with van der Waals surface area (Å²) >= 11 is 1.45. The molecule has 0 bridgehead atoms. The van der Waals surface area contributed by atoms with Gasteiger partial charge in [0.2, 0.25) is 0 Å². The summed E-state index contributed by atoms with van der Waals surface area (Å²) in [4.78, 5) is 1.65. The molecule has 0 atom stereocenters. The zero-order valence-corrected chi connectivity index (χ0v) is 8.75. The lowest BCUT2D eigenvalue weighted by Gasteiger charge is -1.99. The third-order valence-corrected chi connectivity index (χ3v) is 3.33. The highest BCUT2D eigenvalue weighted by atomic mass is 32.1. The fourth-order valence-electron chi connectivity index (χ4n) is 1.17. The predicted octanol–water partition coefficient (Wildman–Crippen LogP) is 4.30. The van der Waals surface area contributed by atoms with E-state index in [4.69, 9.17) is 0 Å². The first kappa shape index (κ1) is 10.2. The molecule has 0 aromatic carbocycles. The van der Waals surface area contributed by atoms with E-state index < -0.39 is 0 Å². The minimum absolute atomic E-state index is 0.134. The minimum Gasteiger partial charge on any atom is -0.205 e. The van der Waals surface area contributed by atoms with Crippen LogP contribution in [0.1, 0.15) is 35.1 Å². The van der Waals surface area contributed by atoms with Crippen LogP contribution in [0, 0.1) is 5.82 Å². The van der Waals surface area contributed by atoms with Gasteiger partial charge in [0.05, 0.1) is 0 Å². The van der Waals surface area contributed by atoms with Crippen molar-refractivity contribution in [2.45, 2.75) is 19.8 Å². The van der Waals surface area contributed by atoms with Crippen LogP contribution < -0.4 is 0 Å². The van der Waals surface area contributed by atoms with Crippen LogP contribution >= 0.6 is 11.3 Å². The Labute approximate surface area is 82.4 Å². The van der Waals surface area contributed by atoms with Crippen LogP contribution in [-0.2, 0) is 0 Å². The Hall–Kier alpha value is -0.890.